The number of nitrogens with two attached hydrogens (primary N) is 1. The van der Waals surface area contributed by atoms with Crippen molar-refractivity contribution >= 4 is 33.3 Å². The number of benzene rings is 2. The number of fused-ring (bicyclic) bond motifs is 1. The molecule has 0 heterocycles. The predicted octanol–water partition coefficient (Wildman–Crippen LogP) is 2.80. The molecule has 0 amide bonds. The zero-order chi connectivity index (χ0) is 10.1. The molecule has 14 heavy (non-hydrogen) atoms. The van der Waals surface area contributed by atoms with Crippen LogP contribution in [0.5, 0.6) is 0 Å². The van der Waals surface area contributed by atoms with E-state index in [0.29, 0.717) is 11.3 Å². The van der Waals surface area contributed by atoms with Crippen molar-refractivity contribution in [1.82, 2.24) is 0 Å². The van der Waals surface area contributed by atoms with Crippen molar-refractivity contribution in [2.75, 3.05) is 5.73 Å². The third-order valence-electron chi connectivity index (χ3n) is 2.12. The smallest absolute Gasteiger partial charge is 0.252 e. The summed E-state index contributed by atoms with van der Waals surface area (Å²) in [5.41, 5.74) is 6.79. The van der Waals surface area contributed by atoms with Crippen LogP contribution in [0, 0.1) is 0 Å². The van der Waals surface area contributed by atoms with Gasteiger partial charge in [0.05, 0.1) is 0 Å². The number of carbonyl (C=O) groups excluding carboxylic acids is 1. The minimum atomic E-state index is -0.484. The topological polar surface area (TPSA) is 43.1 Å². The Bertz CT molecular complexity index is 508. The summed E-state index contributed by atoms with van der Waals surface area (Å²) in [6, 6.07) is 10.9. The van der Waals surface area contributed by atoms with Crippen LogP contribution in [0.1, 0.15) is 10.4 Å². The molecule has 2 N–H and O–H groups in total. The van der Waals surface area contributed by atoms with E-state index >= 15 is 0 Å². The van der Waals surface area contributed by atoms with Gasteiger partial charge in [-0.3, -0.25) is 4.79 Å². The molecule has 0 unspecified atom stereocenters. The molecular formula is C11H8ClNO. The highest BCUT2D eigenvalue weighted by molar-refractivity contribution is 6.67. The molecule has 0 aromatic heterocycles. The van der Waals surface area contributed by atoms with E-state index in [1.807, 2.05) is 24.3 Å². The Morgan fingerprint density at radius 3 is 2.64 bits per heavy atom. The van der Waals surface area contributed by atoms with Crippen LogP contribution in [-0.4, -0.2) is 5.24 Å². The number of hydrogen-bond acceptors (Lipinski definition) is 2. The van der Waals surface area contributed by atoms with E-state index in [9.17, 15) is 4.79 Å². The highest BCUT2D eigenvalue weighted by atomic mass is 35.5. The monoisotopic (exact) mass is 205 g/mol. The molecule has 2 aromatic carbocycles. The molecule has 0 saturated carbocycles. The maximum atomic E-state index is 11.0. The van der Waals surface area contributed by atoms with E-state index in [-0.39, 0.29) is 0 Å². The van der Waals surface area contributed by atoms with Crippen molar-refractivity contribution in [2.45, 2.75) is 0 Å². The summed E-state index contributed by atoms with van der Waals surface area (Å²) in [4.78, 5) is 11.0. The number of halogens is 1. The van der Waals surface area contributed by atoms with Gasteiger partial charge < -0.3 is 5.73 Å². The first-order valence-corrected chi connectivity index (χ1v) is 4.54. The fourth-order valence-corrected chi connectivity index (χ4v) is 1.56. The summed E-state index contributed by atoms with van der Waals surface area (Å²) in [6.45, 7) is 0. The fraction of sp³-hybridized carbons (Fsp3) is 0. The Balaban J connectivity index is 2.78. The maximum Gasteiger partial charge on any atom is 0.252 e. The second-order valence-electron chi connectivity index (χ2n) is 3.06. The average Bonchev–Trinajstić information content (AvgIpc) is 2.17. The third-order valence-corrected chi connectivity index (χ3v) is 2.34. The van der Waals surface area contributed by atoms with E-state index in [0.717, 1.165) is 10.8 Å². The first-order valence-electron chi connectivity index (χ1n) is 4.16. The van der Waals surface area contributed by atoms with Gasteiger partial charge in [0, 0.05) is 16.6 Å². The molecule has 70 valence electrons. The van der Waals surface area contributed by atoms with E-state index in [1.54, 1.807) is 12.1 Å². The van der Waals surface area contributed by atoms with E-state index < -0.39 is 5.24 Å². The summed E-state index contributed by atoms with van der Waals surface area (Å²) >= 11 is 5.38. The summed E-state index contributed by atoms with van der Waals surface area (Å²) in [7, 11) is 0. The largest absolute Gasteiger partial charge is 0.398 e. The minimum absolute atomic E-state index is 0.433. The number of rotatable bonds is 1. The second kappa shape index (κ2) is 3.31. The molecule has 0 bridgehead atoms. The summed E-state index contributed by atoms with van der Waals surface area (Å²) in [5.74, 6) is 0. The van der Waals surface area contributed by atoms with Gasteiger partial charge in [-0.1, -0.05) is 24.3 Å². The SMILES string of the molecule is Nc1cc(C(=O)Cl)cc2ccccc12. The maximum absolute atomic E-state index is 11.0. The van der Waals surface area contributed by atoms with Crippen LogP contribution in [-0.2, 0) is 0 Å². The van der Waals surface area contributed by atoms with Crippen molar-refractivity contribution in [3.8, 4) is 0 Å². The molecular weight excluding hydrogens is 198 g/mol. The normalized spacial score (nSPS) is 10.4. The molecule has 0 spiro atoms. The van der Waals surface area contributed by atoms with Gasteiger partial charge in [-0.05, 0) is 29.1 Å². The first-order chi connectivity index (χ1) is 6.68. The van der Waals surface area contributed by atoms with E-state index in [4.69, 9.17) is 17.3 Å². The number of nitrogen functional groups attached to an aromatic ring is 1. The molecule has 0 aliphatic rings. The van der Waals surface area contributed by atoms with Crippen molar-refractivity contribution in [1.29, 1.82) is 0 Å². The zero-order valence-electron chi connectivity index (χ0n) is 7.33. The predicted molar refractivity (Wildman–Crippen MR) is 58.5 cm³/mol. The van der Waals surface area contributed by atoms with Crippen LogP contribution in [0.2, 0.25) is 0 Å². The lowest BCUT2D eigenvalue weighted by atomic mass is 10.1. The van der Waals surface area contributed by atoms with Crippen LogP contribution >= 0.6 is 11.6 Å². The zero-order valence-corrected chi connectivity index (χ0v) is 8.08. The molecule has 0 radical (unpaired) electrons. The van der Waals surface area contributed by atoms with Crippen molar-refractivity contribution in [3.05, 3.63) is 42.0 Å². The van der Waals surface area contributed by atoms with Crippen molar-refractivity contribution in [2.24, 2.45) is 0 Å². The highest BCUT2D eigenvalue weighted by Gasteiger charge is 2.05. The van der Waals surface area contributed by atoms with E-state index in [1.165, 1.54) is 0 Å². The Kier molecular flexibility index (Phi) is 2.14. The minimum Gasteiger partial charge on any atom is -0.398 e. The summed E-state index contributed by atoms with van der Waals surface area (Å²) in [6.07, 6.45) is 0. The van der Waals surface area contributed by atoms with Crippen LogP contribution in [0.4, 0.5) is 5.69 Å². The van der Waals surface area contributed by atoms with Gasteiger partial charge in [0.2, 0.25) is 0 Å². The van der Waals surface area contributed by atoms with Crippen LogP contribution in [0.15, 0.2) is 36.4 Å². The molecule has 2 aromatic rings. The standard InChI is InChI=1S/C11H8ClNO/c12-11(14)8-5-7-3-1-2-4-9(7)10(13)6-8/h1-6H,13H2. The van der Waals surface area contributed by atoms with Gasteiger partial charge in [0.25, 0.3) is 5.24 Å². The molecule has 0 atom stereocenters. The molecule has 3 heteroatoms. The van der Waals surface area contributed by atoms with Crippen LogP contribution in [0.3, 0.4) is 0 Å². The number of carbonyl (C=O) groups is 1. The Morgan fingerprint density at radius 1 is 1.21 bits per heavy atom. The molecule has 0 aliphatic carbocycles. The lowest BCUT2D eigenvalue weighted by Gasteiger charge is -2.03. The average molecular weight is 206 g/mol. The Hall–Kier alpha value is -1.54. The first kappa shape index (κ1) is 9.03. The molecule has 2 nitrogen and oxygen atoms in total. The van der Waals surface area contributed by atoms with Gasteiger partial charge in [0.15, 0.2) is 0 Å². The van der Waals surface area contributed by atoms with Gasteiger partial charge >= 0.3 is 0 Å². The van der Waals surface area contributed by atoms with Crippen LogP contribution in [0.25, 0.3) is 10.8 Å². The van der Waals surface area contributed by atoms with Crippen molar-refractivity contribution in [3.63, 3.8) is 0 Å². The fourth-order valence-electron chi connectivity index (χ4n) is 1.45. The van der Waals surface area contributed by atoms with Gasteiger partial charge in [-0.2, -0.15) is 0 Å². The highest BCUT2D eigenvalue weighted by Crippen LogP contribution is 2.23. The summed E-state index contributed by atoms with van der Waals surface area (Å²) < 4.78 is 0. The van der Waals surface area contributed by atoms with Crippen LogP contribution < -0.4 is 5.73 Å². The molecule has 0 aliphatic heterocycles. The van der Waals surface area contributed by atoms with Crippen molar-refractivity contribution < 1.29 is 4.79 Å². The van der Waals surface area contributed by atoms with Gasteiger partial charge in [0.1, 0.15) is 0 Å². The lowest BCUT2D eigenvalue weighted by Crippen LogP contribution is -1.93. The number of anilines is 1. The molecule has 0 fully saturated rings. The Morgan fingerprint density at radius 2 is 1.93 bits per heavy atom. The van der Waals surface area contributed by atoms with E-state index in [2.05, 4.69) is 0 Å². The number of hydrogen-bond donors (Lipinski definition) is 1. The van der Waals surface area contributed by atoms with Gasteiger partial charge in [-0.15, -0.1) is 0 Å². The van der Waals surface area contributed by atoms with Gasteiger partial charge in [-0.25, -0.2) is 0 Å². The molecule has 0 saturated heterocycles. The molecule has 2 rings (SSSR count). The quantitative estimate of drug-likeness (QED) is 0.575. The third kappa shape index (κ3) is 1.44. The lowest BCUT2D eigenvalue weighted by molar-refractivity contribution is 0.108. The second-order valence-corrected chi connectivity index (χ2v) is 3.40. The Labute approximate surface area is 86.3 Å². The summed E-state index contributed by atoms with van der Waals surface area (Å²) in [5, 5.41) is 1.38.